The zero-order valence-corrected chi connectivity index (χ0v) is 10.7. The number of benzene rings is 1. The van der Waals surface area contributed by atoms with Crippen LogP contribution in [0.25, 0.3) is 5.69 Å². The van der Waals surface area contributed by atoms with Gasteiger partial charge < -0.3 is 10.4 Å². The molecule has 0 bridgehead atoms. The summed E-state index contributed by atoms with van der Waals surface area (Å²) in [7, 11) is 0. The van der Waals surface area contributed by atoms with Gasteiger partial charge in [0.05, 0.1) is 18.0 Å². The van der Waals surface area contributed by atoms with E-state index in [-0.39, 0.29) is 11.6 Å². The van der Waals surface area contributed by atoms with Gasteiger partial charge in [0.1, 0.15) is 0 Å². The highest BCUT2D eigenvalue weighted by atomic mass is 16.3. The van der Waals surface area contributed by atoms with E-state index in [2.05, 4.69) is 15.6 Å². The van der Waals surface area contributed by atoms with Crippen LogP contribution in [0.2, 0.25) is 0 Å². The number of carbonyl (C=O) groups is 1. The molecule has 0 aliphatic heterocycles. The number of rotatable bonds is 5. The maximum Gasteiger partial charge on any atom is 0.273 e. The number of aliphatic hydroxyl groups is 1. The van der Waals surface area contributed by atoms with Crippen molar-refractivity contribution >= 4 is 5.91 Å². The van der Waals surface area contributed by atoms with E-state index in [4.69, 9.17) is 5.11 Å². The zero-order valence-electron chi connectivity index (χ0n) is 10.7. The summed E-state index contributed by atoms with van der Waals surface area (Å²) in [5.74, 6) is -0.289. The van der Waals surface area contributed by atoms with Crippen LogP contribution in [0, 0.1) is 0 Å². The number of nitrogens with zero attached hydrogens (tertiary/aromatic N) is 3. The van der Waals surface area contributed by atoms with Crippen LogP contribution in [-0.2, 0) is 0 Å². The first-order valence-electron chi connectivity index (χ1n) is 6.11. The Morgan fingerprint density at radius 2 is 2.16 bits per heavy atom. The Morgan fingerprint density at radius 1 is 1.42 bits per heavy atom. The first-order valence-corrected chi connectivity index (χ1v) is 6.11. The van der Waals surface area contributed by atoms with Crippen LogP contribution in [0.15, 0.2) is 36.5 Å². The van der Waals surface area contributed by atoms with Crippen molar-refractivity contribution < 1.29 is 9.90 Å². The van der Waals surface area contributed by atoms with Crippen LogP contribution in [0.4, 0.5) is 0 Å². The number of nitrogens with one attached hydrogen (secondary N) is 1. The van der Waals surface area contributed by atoms with Crippen LogP contribution in [0.1, 0.15) is 23.8 Å². The summed E-state index contributed by atoms with van der Waals surface area (Å²) in [5.41, 5.74) is 1.10. The average Bonchev–Trinajstić information content (AvgIpc) is 2.89. The molecule has 0 saturated heterocycles. The van der Waals surface area contributed by atoms with Crippen molar-refractivity contribution in [3.63, 3.8) is 0 Å². The number of hydrogen-bond acceptors (Lipinski definition) is 4. The minimum Gasteiger partial charge on any atom is -0.393 e. The molecule has 0 fully saturated rings. The molecular weight excluding hydrogens is 244 g/mol. The molecule has 19 heavy (non-hydrogen) atoms. The van der Waals surface area contributed by atoms with Gasteiger partial charge in [-0.1, -0.05) is 23.4 Å². The summed E-state index contributed by atoms with van der Waals surface area (Å²) in [5, 5.41) is 19.5. The molecule has 1 heterocycles. The predicted molar refractivity (Wildman–Crippen MR) is 70.0 cm³/mol. The SMILES string of the molecule is CC(O)CCNC(=O)c1cn(-c2ccccc2)nn1. The summed E-state index contributed by atoms with van der Waals surface area (Å²) in [4.78, 5) is 11.8. The van der Waals surface area contributed by atoms with Gasteiger partial charge >= 0.3 is 0 Å². The Balaban J connectivity index is 1.99. The van der Waals surface area contributed by atoms with Gasteiger partial charge in [0.15, 0.2) is 5.69 Å². The minimum absolute atomic E-state index is 0.259. The summed E-state index contributed by atoms with van der Waals surface area (Å²) >= 11 is 0. The highest BCUT2D eigenvalue weighted by molar-refractivity contribution is 5.91. The van der Waals surface area contributed by atoms with Gasteiger partial charge in [-0.15, -0.1) is 5.10 Å². The molecule has 0 spiro atoms. The number of hydrogen-bond donors (Lipinski definition) is 2. The number of para-hydroxylation sites is 1. The van der Waals surface area contributed by atoms with E-state index in [0.717, 1.165) is 5.69 Å². The van der Waals surface area contributed by atoms with Gasteiger partial charge in [-0.3, -0.25) is 4.79 Å². The third-order valence-electron chi connectivity index (χ3n) is 2.59. The van der Waals surface area contributed by atoms with E-state index < -0.39 is 6.10 Å². The minimum atomic E-state index is -0.430. The van der Waals surface area contributed by atoms with E-state index in [1.54, 1.807) is 17.8 Å². The van der Waals surface area contributed by atoms with Crippen LogP contribution in [0.3, 0.4) is 0 Å². The molecule has 2 aromatic rings. The van der Waals surface area contributed by atoms with Crippen molar-refractivity contribution in [2.24, 2.45) is 0 Å². The normalized spacial score (nSPS) is 12.1. The smallest absolute Gasteiger partial charge is 0.273 e. The maximum absolute atomic E-state index is 11.8. The molecular formula is C13H16N4O2. The van der Waals surface area contributed by atoms with Gasteiger partial charge in [0, 0.05) is 6.54 Å². The third-order valence-corrected chi connectivity index (χ3v) is 2.59. The maximum atomic E-state index is 11.8. The fraction of sp³-hybridized carbons (Fsp3) is 0.308. The van der Waals surface area contributed by atoms with E-state index in [0.29, 0.717) is 13.0 Å². The summed E-state index contributed by atoms with van der Waals surface area (Å²) in [6, 6.07) is 9.44. The Hall–Kier alpha value is -2.21. The molecule has 0 aliphatic rings. The first kappa shape index (κ1) is 13.2. The number of aromatic nitrogens is 3. The second-order valence-corrected chi connectivity index (χ2v) is 4.28. The van der Waals surface area contributed by atoms with E-state index >= 15 is 0 Å². The van der Waals surface area contributed by atoms with E-state index in [9.17, 15) is 4.79 Å². The molecule has 0 saturated carbocycles. The highest BCUT2D eigenvalue weighted by Crippen LogP contribution is 2.05. The molecule has 1 amide bonds. The van der Waals surface area contributed by atoms with Crippen molar-refractivity contribution in [3.05, 3.63) is 42.2 Å². The molecule has 2 rings (SSSR count). The van der Waals surface area contributed by atoms with E-state index in [1.165, 1.54) is 0 Å². The first-order chi connectivity index (χ1) is 9.16. The lowest BCUT2D eigenvalue weighted by Gasteiger charge is -2.04. The van der Waals surface area contributed by atoms with Crippen molar-refractivity contribution in [1.29, 1.82) is 0 Å². The third kappa shape index (κ3) is 3.62. The fourth-order valence-corrected chi connectivity index (χ4v) is 1.56. The van der Waals surface area contributed by atoms with Crippen molar-refractivity contribution in [2.75, 3.05) is 6.54 Å². The highest BCUT2D eigenvalue weighted by Gasteiger charge is 2.11. The van der Waals surface area contributed by atoms with Gasteiger partial charge in [-0.05, 0) is 25.5 Å². The molecule has 0 radical (unpaired) electrons. The number of aliphatic hydroxyl groups excluding tert-OH is 1. The molecule has 1 aromatic carbocycles. The molecule has 1 aromatic heterocycles. The summed E-state index contributed by atoms with van der Waals surface area (Å²) < 4.78 is 1.55. The zero-order chi connectivity index (χ0) is 13.7. The summed E-state index contributed by atoms with van der Waals surface area (Å²) in [6.07, 6.45) is 1.66. The molecule has 6 heteroatoms. The van der Waals surface area contributed by atoms with Crippen LogP contribution in [-0.4, -0.2) is 38.7 Å². The van der Waals surface area contributed by atoms with Gasteiger partial charge in [-0.25, -0.2) is 4.68 Å². The molecule has 6 nitrogen and oxygen atoms in total. The number of amides is 1. The van der Waals surface area contributed by atoms with Gasteiger partial charge in [0.25, 0.3) is 5.91 Å². The Bertz CT molecular complexity index is 537. The average molecular weight is 260 g/mol. The number of carbonyl (C=O) groups excluding carboxylic acids is 1. The molecule has 0 aliphatic carbocycles. The molecule has 100 valence electrons. The lowest BCUT2D eigenvalue weighted by molar-refractivity contribution is 0.0940. The van der Waals surface area contributed by atoms with Crippen molar-refractivity contribution in [1.82, 2.24) is 20.3 Å². The Labute approximate surface area is 111 Å². The Kier molecular flexibility index (Phi) is 4.25. The lowest BCUT2D eigenvalue weighted by Crippen LogP contribution is -2.26. The molecule has 2 N–H and O–H groups in total. The van der Waals surface area contributed by atoms with Crippen molar-refractivity contribution in [2.45, 2.75) is 19.4 Å². The monoisotopic (exact) mass is 260 g/mol. The molecule has 1 atom stereocenters. The van der Waals surface area contributed by atoms with Crippen molar-refractivity contribution in [3.8, 4) is 5.69 Å². The Morgan fingerprint density at radius 3 is 2.84 bits per heavy atom. The largest absolute Gasteiger partial charge is 0.393 e. The predicted octanol–water partition coefficient (Wildman–Crippen LogP) is 0.768. The lowest BCUT2D eigenvalue weighted by atomic mass is 10.3. The summed E-state index contributed by atoms with van der Waals surface area (Å²) in [6.45, 7) is 2.09. The second kappa shape index (κ2) is 6.10. The fourth-order valence-electron chi connectivity index (χ4n) is 1.56. The van der Waals surface area contributed by atoms with Crippen LogP contribution >= 0.6 is 0 Å². The van der Waals surface area contributed by atoms with Gasteiger partial charge in [0.2, 0.25) is 0 Å². The van der Waals surface area contributed by atoms with E-state index in [1.807, 2.05) is 30.3 Å². The molecule has 1 unspecified atom stereocenters. The van der Waals surface area contributed by atoms with Crippen LogP contribution in [0.5, 0.6) is 0 Å². The standard InChI is InChI=1S/C13H16N4O2/c1-10(18)7-8-14-13(19)12-9-17(16-15-12)11-5-3-2-4-6-11/h2-6,9-10,18H,7-8H2,1H3,(H,14,19). The van der Waals surface area contributed by atoms with Crippen LogP contribution < -0.4 is 5.32 Å². The van der Waals surface area contributed by atoms with Gasteiger partial charge in [-0.2, -0.15) is 0 Å². The topological polar surface area (TPSA) is 80.0 Å². The quantitative estimate of drug-likeness (QED) is 0.832. The second-order valence-electron chi connectivity index (χ2n) is 4.28.